The molecule has 1 aliphatic rings. The van der Waals surface area contributed by atoms with E-state index < -0.39 is 12.0 Å². The second-order valence-electron chi connectivity index (χ2n) is 4.07. The molecule has 1 aliphatic carbocycles. The van der Waals surface area contributed by atoms with Crippen LogP contribution in [0, 0.1) is 11.8 Å². The Morgan fingerprint density at radius 3 is 2.42 bits per heavy atom. The van der Waals surface area contributed by atoms with E-state index in [9.17, 15) is 8.78 Å². The maximum atomic E-state index is 12.6. The lowest BCUT2D eigenvalue weighted by Crippen LogP contribution is -2.56. The van der Waals surface area contributed by atoms with Gasteiger partial charge in [-0.1, -0.05) is 26.7 Å². The molecule has 2 N–H and O–H groups in total. The van der Waals surface area contributed by atoms with Crippen molar-refractivity contribution in [3.8, 4) is 0 Å². The Balaban J connectivity index is 2.74. The van der Waals surface area contributed by atoms with Crippen molar-refractivity contribution in [3.05, 3.63) is 0 Å². The van der Waals surface area contributed by atoms with Crippen molar-refractivity contribution in [1.29, 1.82) is 0 Å². The largest absolute Gasteiger partial charge is 0.320 e. The van der Waals surface area contributed by atoms with Crippen LogP contribution in [0.2, 0.25) is 0 Å². The molecule has 0 aromatic rings. The molecule has 0 radical (unpaired) electrons. The van der Waals surface area contributed by atoms with Crippen LogP contribution in [0.4, 0.5) is 8.78 Å². The molecule has 0 saturated heterocycles. The number of halogens is 2. The van der Waals surface area contributed by atoms with Crippen LogP contribution < -0.4 is 5.73 Å². The lowest BCUT2D eigenvalue weighted by Gasteiger charge is -2.42. The summed E-state index contributed by atoms with van der Waals surface area (Å²) in [7, 11) is 0. The first-order chi connectivity index (χ1) is 5.48. The minimum atomic E-state index is -2.38. The van der Waals surface area contributed by atoms with Crippen LogP contribution in [0.15, 0.2) is 0 Å². The minimum Gasteiger partial charge on any atom is -0.320 e. The van der Waals surface area contributed by atoms with E-state index in [1.165, 1.54) is 0 Å². The minimum absolute atomic E-state index is 0.0637. The van der Waals surface area contributed by atoms with E-state index in [1.807, 2.05) is 13.8 Å². The second-order valence-corrected chi connectivity index (χ2v) is 4.07. The van der Waals surface area contributed by atoms with Gasteiger partial charge in [0.1, 0.15) is 0 Å². The Bertz CT molecular complexity index is 161. The summed E-state index contributed by atoms with van der Waals surface area (Å²) in [5.41, 5.74) is 4.46. The van der Waals surface area contributed by atoms with Crippen LogP contribution in [-0.4, -0.2) is 12.0 Å². The highest BCUT2D eigenvalue weighted by Gasteiger charge is 2.45. The molecule has 0 aliphatic heterocycles. The molecule has 0 heterocycles. The van der Waals surface area contributed by atoms with Gasteiger partial charge in [-0.3, -0.25) is 0 Å². The Hall–Kier alpha value is -0.180. The number of hydrogen-bond donors (Lipinski definition) is 1. The van der Waals surface area contributed by atoms with Gasteiger partial charge < -0.3 is 5.73 Å². The fourth-order valence-electron chi connectivity index (χ4n) is 2.05. The molecule has 1 fully saturated rings. The van der Waals surface area contributed by atoms with Crippen molar-refractivity contribution < 1.29 is 8.78 Å². The van der Waals surface area contributed by atoms with Gasteiger partial charge in [-0.05, 0) is 18.3 Å². The topological polar surface area (TPSA) is 26.0 Å². The summed E-state index contributed by atoms with van der Waals surface area (Å²) in [6.45, 7) is 3.85. The summed E-state index contributed by atoms with van der Waals surface area (Å²) in [5, 5.41) is 0. The highest BCUT2D eigenvalue weighted by molar-refractivity contribution is 4.96. The molecule has 0 spiro atoms. The first kappa shape index (κ1) is 9.90. The average molecular weight is 177 g/mol. The van der Waals surface area contributed by atoms with E-state index in [4.69, 9.17) is 5.73 Å². The van der Waals surface area contributed by atoms with Crippen molar-refractivity contribution >= 4 is 0 Å². The van der Waals surface area contributed by atoms with Gasteiger partial charge in [0.25, 0.3) is 6.43 Å². The van der Waals surface area contributed by atoms with Crippen molar-refractivity contribution in [2.24, 2.45) is 17.6 Å². The van der Waals surface area contributed by atoms with Crippen LogP contribution >= 0.6 is 0 Å². The number of rotatable bonds is 1. The van der Waals surface area contributed by atoms with Gasteiger partial charge in [0, 0.05) is 0 Å². The first-order valence-corrected chi connectivity index (χ1v) is 4.55. The van der Waals surface area contributed by atoms with Crippen molar-refractivity contribution in [1.82, 2.24) is 0 Å². The zero-order chi connectivity index (χ0) is 9.35. The van der Waals surface area contributed by atoms with E-state index in [0.29, 0.717) is 12.3 Å². The van der Waals surface area contributed by atoms with E-state index in [-0.39, 0.29) is 5.92 Å². The maximum absolute atomic E-state index is 12.6. The van der Waals surface area contributed by atoms with Crippen LogP contribution in [0.1, 0.15) is 33.1 Å². The van der Waals surface area contributed by atoms with Crippen molar-refractivity contribution in [3.63, 3.8) is 0 Å². The van der Waals surface area contributed by atoms with Gasteiger partial charge in [-0.15, -0.1) is 0 Å². The molecule has 1 rings (SSSR count). The van der Waals surface area contributed by atoms with Crippen molar-refractivity contribution in [2.45, 2.75) is 45.1 Å². The number of hydrogen-bond acceptors (Lipinski definition) is 1. The van der Waals surface area contributed by atoms with Gasteiger partial charge in [-0.2, -0.15) is 0 Å². The molecule has 1 nitrogen and oxygen atoms in total. The van der Waals surface area contributed by atoms with Gasteiger partial charge in [0.05, 0.1) is 5.54 Å². The van der Waals surface area contributed by atoms with Crippen LogP contribution in [0.3, 0.4) is 0 Å². The lowest BCUT2D eigenvalue weighted by atomic mass is 9.69. The predicted octanol–water partition coefficient (Wildman–Crippen LogP) is 2.41. The monoisotopic (exact) mass is 177 g/mol. The zero-order valence-corrected chi connectivity index (χ0v) is 7.69. The van der Waals surface area contributed by atoms with E-state index in [0.717, 1.165) is 12.8 Å². The summed E-state index contributed by atoms with van der Waals surface area (Å²) in [6, 6.07) is 0. The fourth-order valence-corrected chi connectivity index (χ4v) is 2.05. The summed E-state index contributed by atoms with van der Waals surface area (Å²) in [5.74, 6) is 0.268. The number of alkyl halides is 2. The maximum Gasteiger partial charge on any atom is 0.256 e. The second kappa shape index (κ2) is 3.29. The fraction of sp³-hybridized carbons (Fsp3) is 1.00. The number of nitrogens with two attached hydrogens (primary N) is 1. The third kappa shape index (κ3) is 1.47. The normalized spacial score (nSPS) is 43.5. The third-order valence-electron chi connectivity index (χ3n) is 3.38. The summed E-state index contributed by atoms with van der Waals surface area (Å²) in [4.78, 5) is 0. The molecule has 0 amide bonds. The Morgan fingerprint density at radius 1 is 1.42 bits per heavy atom. The molecule has 12 heavy (non-hydrogen) atoms. The van der Waals surface area contributed by atoms with E-state index in [1.54, 1.807) is 0 Å². The van der Waals surface area contributed by atoms with E-state index in [2.05, 4.69) is 0 Å². The average Bonchev–Trinajstić information content (AvgIpc) is 2.00. The third-order valence-corrected chi connectivity index (χ3v) is 3.38. The molecule has 3 heteroatoms. The lowest BCUT2D eigenvalue weighted by molar-refractivity contribution is -0.0170. The van der Waals surface area contributed by atoms with Crippen LogP contribution in [0.25, 0.3) is 0 Å². The zero-order valence-electron chi connectivity index (χ0n) is 7.69. The molecule has 0 bridgehead atoms. The Labute approximate surface area is 72.3 Å². The smallest absolute Gasteiger partial charge is 0.256 e. The molecule has 3 unspecified atom stereocenters. The van der Waals surface area contributed by atoms with Gasteiger partial charge in [0.2, 0.25) is 0 Å². The van der Waals surface area contributed by atoms with Gasteiger partial charge in [0.15, 0.2) is 0 Å². The van der Waals surface area contributed by atoms with Gasteiger partial charge >= 0.3 is 0 Å². The predicted molar refractivity (Wildman–Crippen MR) is 45.1 cm³/mol. The Morgan fingerprint density at radius 2 is 2.00 bits per heavy atom. The highest BCUT2D eigenvalue weighted by atomic mass is 19.3. The molecule has 0 aromatic heterocycles. The van der Waals surface area contributed by atoms with Crippen LogP contribution in [-0.2, 0) is 0 Å². The van der Waals surface area contributed by atoms with Crippen molar-refractivity contribution in [2.75, 3.05) is 0 Å². The standard InChI is InChI=1S/C9H17F2N/c1-6-4-3-5-9(12,7(6)2)8(10)11/h6-8H,3-5,12H2,1-2H3. The molecular weight excluding hydrogens is 160 g/mol. The first-order valence-electron chi connectivity index (χ1n) is 4.55. The molecule has 3 atom stereocenters. The highest BCUT2D eigenvalue weighted by Crippen LogP contribution is 2.39. The molecule has 72 valence electrons. The summed E-state index contributed by atoms with van der Waals surface area (Å²) >= 11 is 0. The van der Waals surface area contributed by atoms with E-state index >= 15 is 0 Å². The summed E-state index contributed by atoms with van der Waals surface area (Å²) in [6.07, 6.45) is -0.0368. The Kier molecular flexibility index (Phi) is 2.71. The molecule has 0 aromatic carbocycles. The molecule has 1 saturated carbocycles. The molecular formula is C9H17F2N. The van der Waals surface area contributed by atoms with Crippen LogP contribution in [0.5, 0.6) is 0 Å². The summed E-state index contributed by atoms with van der Waals surface area (Å²) < 4.78 is 25.2. The quantitative estimate of drug-likeness (QED) is 0.654. The van der Waals surface area contributed by atoms with Gasteiger partial charge in [-0.25, -0.2) is 8.78 Å². The SMILES string of the molecule is CC1CCCC(N)(C(F)F)C1C.